The maximum atomic E-state index is 5.80. The largest absolute Gasteiger partial charge is 0.491 e. The molecular weight excluding hydrogens is 260 g/mol. The fraction of sp³-hybridized carbons (Fsp3) is 0.684. The lowest BCUT2D eigenvalue weighted by atomic mass is 9.81. The number of ether oxygens (including phenoxy) is 2. The Morgan fingerprint density at radius 2 is 1.95 bits per heavy atom. The first kappa shape index (κ1) is 16.4. The Bertz CT molecular complexity index is 428. The zero-order valence-corrected chi connectivity index (χ0v) is 13.9. The lowest BCUT2D eigenvalue weighted by Crippen LogP contribution is -2.16. The van der Waals surface area contributed by atoms with Gasteiger partial charge >= 0.3 is 0 Å². The normalized spacial score (nSPS) is 22.2. The van der Waals surface area contributed by atoms with Gasteiger partial charge in [0.25, 0.3) is 0 Å². The zero-order chi connectivity index (χ0) is 15.1. The molecule has 118 valence electrons. The van der Waals surface area contributed by atoms with Crippen molar-refractivity contribution in [2.75, 3.05) is 19.8 Å². The van der Waals surface area contributed by atoms with Crippen LogP contribution in [0, 0.1) is 25.7 Å². The molecule has 1 saturated carbocycles. The van der Waals surface area contributed by atoms with Crippen molar-refractivity contribution in [3.05, 3.63) is 29.3 Å². The Morgan fingerprint density at radius 3 is 2.76 bits per heavy atom. The summed E-state index contributed by atoms with van der Waals surface area (Å²) >= 11 is 0. The van der Waals surface area contributed by atoms with Gasteiger partial charge in [-0.2, -0.15) is 0 Å². The van der Waals surface area contributed by atoms with Crippen LogP contribution in [0.4, 0.5) is 0 Å². The van der Waals surface area contributed by atoms with Gasteiger partial charge in [0.2, 0.25) is 0 Å². The summed E-state index contributed by atoms with van der Waals surface area (Å²) in [6, 6.07) is 6.19. The molecule has 0 amide bonds. The van der Waals surface area contributed by atoms with Crippen molar-refractivity contribution in [1.82, 2.24) is 0 Å². The van der Waals surface area contributed by atoms with E-state index in [9.17, 15) is 0 Å². The quantitative estimate of drug-likeness (QED) is 0.664. The Hall–Kier alpha value is -1.02. The Kier molecular flexibility index (Phi) is 6.56. The highest BCUT2D eigenvalue weighted by atomic mass is 16.5. The van der Waals surface area contributed by atoms with Crippen LogP contribution >= 0.6 is 0 Å². The Balaban J connectivity index is 1.57. The zero-order valence-electron chi connectivity index (χ0n) is 13.9. The highest BCUT2D eigenvalue weighted by Crippen LogP contribution is 2.30. The predicted molar refractivity (Wildman–Crippen MR) is 88.0 cm³/mol. The number of hydrogen-bond acceptors (Lipinski definition) is 2. The van der Waals surface area contributed by atoms with E-state index >= 15 is 0 Å². The molecule has 0 spiro atoms. The van der Waals surface area contributed by atoms with E-state index in [0.29, 0.717) is 13.2 Å². The van der Waals surface area contributed by atoms with E-state index in [1.807, 2.05) is 12.1 Å². The van der Waals surface area contributed by atoms with E-state index in [1.165, 1.54) is 43.2 Å². The van der Waals surface area contributed by atoms with Gasteiger partial charge in [0.15, 0.2) is 0 Å². The summed E-state index contributed by atoms with van der Waals surface area (Å²) < 4.78 is 11.5. The molecule has 2 atom stereocenters. The average molecular weight is 290 g/mol. The van der Waals surface area contributed by atoms with Gasteiger partial charge in [-0.1, -0.05) is 38.3 Å². The van der Waals surface area contributed by atoms with Gasteiger partial charge in [-0.25, -0.2) is 0 Å². The monoisotopic (exact) mass is 290 g/mol. The maximum absolute atomic E-state index is 5.80. The molecule has 2 unspecified atom stereocenters. The van der Waals surface area contributed by atoms with Gasteiger partial charge in [0.1, 0.15) is 12.4 Å². The molecule has 2 heteroatoms. The third-order valence-electron chi connectivity index (χ3n) is 4.76. The van der Waals surface area contributed by atoms with Crippen molar-refractivity contribution in [1.29, 1.82) is 0 Å². The number of aryl methyl sites for hydroxylation is 1. The highest BCUT2D eigenvalue weighted by Gasteiger charge is 2.18. The van der Waals surface area contributed by atoms with Crippen molar-refractivity contribution in [3.8, 4) is 5.75 Å². The molecule has 2 rings (SSSR count). The first-order chi connectivity index (χ1) is 10.2. The maximum Gasteiger partial charge on any atom is 0.122 e. The molecule has 0 aromatic heterocycles. The third kappa shape index (κ3) is 5.35. The molecule has 0 aliphatic heterocycles. The standard InChI is InChI=1S/C19H30O2/c1-15-6-4-8-18(14-15)10-11-20-12-13-21-19-9-5-7-16(2)17(19)3/h5,7,9,15,18H,4,6,8,10-14H2,1-3H3. The summed E-state index contributed by atoms with van der Waals surface area (Å²) in [5.74, 6) is 2.78. The van der Waals surface area contributed by atoms with Crippen molar-refractivity contribution in [3.63, 3.8) is 0 Å². The predicted octanol–water partition coefficient (Wildman–Crippen LogP) is 4.92. The van der Waals surface area contributed by atoms with Gasteiger partial charge in [0.05, 0.1) is 6.61 Å². The van der Waals surface area contributed by atoms with Crippen LogP contribution in [-0.2, 0) is 4.74 Å². The van der Waals surface area contributed by atoms with Gasteiger partial charge < -0.3 is 9.47 Å². The summed E-state index contributed by atoms with van der Waals surface area (Å²) in [4.78, 5) is 0. The van der Waals surface area contributed by atoms with Crippen molar-refractivity contribution < 1.29 is 9.47 Å². The molecule has 0 N–H and O–H groups in total. The lowest BCUT2D eigenvalue weighted by molar-refractivity contribution is 0.0831. The SMILES string of the molecule is Cc1cccc(OCCOCCC2CCCC(C)C2)c1C. The molecule has 0 heterocycles. The van der Waals surface area contributed by atoms with Crippen LogP contribution in [0.1, 0.15) is 50.2 Å². The molecule has 1 fully saturated rings. The van der Waals surface area contributed by atoms with Crippen LogP contribution < -0.4 is 4.74 Å². The van der Waals surface area contributed by atoms with Gasteiger partial charge in [0, 0.05) is 6.61 Å². The van der Waals surface area contributed by atoms with Crippen molar-refractivity contribution in [2.45, 2.75) is 52.9 Å². The molecule has 0 radical (unpaired) electrons. The van der Waals surface area contributed by atoms with Crippen LogP contribution in [0.25, 0.3) is 0 Å². The number of benzene rings is 1. The Labute approximate surface area is 129 Å². The van der Waals surface area contributed by atoms with E-state index in [4.69, 9.17) is 9.47 Å². The van der Waals surface area contributed by atoms with E-state index in [0.717, 1.165) is 24.2 Å². The molecule has 0 saturated heterocycles. The van der Waals surface area contributed by atoms with Crippen LogP contribution in [0.15, 0.2) is 18.2 Å². The van der Waals surface area contributed by atoms with Gasteiger partial charge in [-0.05, 0) is 55.7 Å². The molecule has 21 heavy (non-hydrogen) atoms. The fourth-order valence-corrected chi connectivity index (χ4v) is 3.27. The molecule has 1 aliphatic rings. The number of hydrogen-bond donors (Lipinski definition) is 0. The first-order valence-corrected chi connectivity index (χ1v) is 8.43. The summed E-state index contributed by atoms with van der Waals surface area (Å²) in [7, 11) is 0. The number of rotatable bonds is 7. The second kappa shape index (κ2) is 8.43. The van der Waals surface area contributed by atoms with Crippen LogP contribution in [-0.4, -0.2) is 19.8 Å². The van der Waals surface area contributed by atoms with E-state index in [2.05, 4.69) is 26.8 Å². The first-order valence-electron chi connectivity index (χ1n) is 8.43. The fourth-order valence-electron chi connectivity index (χ4n) is 3.27. The molecule has 2 nitrogen and oxygen atoms in total. The lowest BCUT2D eigenvalue weighted by Gasteiger charge is -2.26. The molecule has 1 aliphatic carbocycles. The van der Waals surface area contributed by atoms with Gasteiger partial charge in [-0.3, -0.25) is 0 Å². The van der Waals surface area contributed by atoms with E-state index in [-0.39, 0.29) is 0 Å². The topological polar surface area (TPSA) is 18.5 Å². The second-order valence-electron chi connectivity index (χ2n) is 6.59. The third-order valence-corrected chi connectivity index (χ3v) is 4.76. The van der Waals surface area contributed by atoms with Crippen molar-refractivity contribution in [2.24, 2.45) is 11.8 Å². The van der Waals surface area contributed by atoms with Crippen LogP contribution in [0.2, 0.25) is 0 Å². The van der Waals surface area contributed by atoms with Crippen molar-refractivity contribution >= 4 is 0 Å². The van der Waals surface area contributed by atoms with Gasteiger partial charge in [-0.15, -0.1) is 0 Å². The summed E-state index contributed by atoms with van der Waals surface area (Å²) in [6.07, 6.45) is 6.82. The van der Waals surface area contributed by atoms with E-state index in [1.54, 1.807) is 0 Å². The van der Waals surface area contributed by atoms with E-state index < -0.39 is 0 Å². The average Bonchev–Trinajstić information content (AvgIpc) is 2.47. The summed E-state index contributed by atoms with van der Waals surface area (Å²) in [5, 5.41) is 0. The minimum atomic E-state index is 0.644. The molecular formula is C19H30O2. The molecule has 0 bridgehead atoms. The summed E-state index contributed by atoms with van der Waals surface area (Å²) in [6.45, 7) is 8.82. The smallest absolute Gasteiger partial charge is 0.122 e. The minimum Gasteiger partial charge on any atom is -0.491 e. The summed E-state index contributed by atoms with van der Waals surface area (Å²) in [5.41, 5.74) is 2.51. The van der Waals surface area contributed by atoms with Crippen LogP contribution in [0.5, 0.6) is 5.75 Å². The molecule has 1 aromatic carbocycles. The second-order valence-corrected chi connectivity index (χ2v) is 6.59. The minimum absolute atomic E-state index is 0.644. The molecule has 1 aromatic rings. The Morgan fingerprint density at radius 1 is 1.10 bits per heavy atom. The highest BCUT2D eigenvalue weighted by molar-refractivity contribution is 5.38. The van der Waals surface area contributed by atoms with Crippen LogP contribution in [0.3, 0.4) is 0 Å².